The predicted molar refractivity (Wildman–Crippen MR) is 134 cm³/mol. The fourth-order valence-electron chi connectivity index (χ4n) is 4.59. The van der Waals surface area contributed by atoms with Crippen LogP contribution in [0.15, 0.2) is 116 Å². The van der Waals surface area contributed by atoms with Crippen LogP contribution in [0, 0.1) is 5.82 Å². The molecular weight excluding hydrogens is 407 g/mol. The van der Waals surface area contributed by atoms with Gasteiger partial charge in [-0.2, -0.15) is 0 Å². The first kappa shape index (κ1) is 19.6. The Morgan fingerprint density at radius 1 is 0.545 bits per heavy atom. The summed E-state index contributed by atoms with van der Waals surface area (Å²) < 4.78 is 18.6. The number of halogens is 1. The van der Waals surface area contributed by atoms with E-state index in [4.69, 9.17) is 0 Å². The van der Waals surface area contributed by atoms with Crippen LogP contribution in [0.2, 0.25) is 0 Å². The van der Waals surface area contributed by atoms with Crippen LogP contribution < -0.4 is 0 Å². The molecule has 2 nitrogen and oxygen atoms in total. The first-order chi connectivity index (χ1) is 16.2. The molecule has 0 aliphatic carbocycles. The summed E-state index contributed by atoms with van der Waals surface area (Å²) in [5, 5.41) is 2.39. The number of nitrogens with zero attached hydrogens (tertiary/aromatic N) is 2. The maximum absolute atomic E-state index is 14.2. The molecule has 0 spiro atoms. The quantitative estimate of drug-likeness (QED) is 0.268. The molecule has 0 atom stereocenters. The topological polar surface area (TPSA) is 9.86 Å². The van der Waals surface area contributed by atoms with Gasteiger partial charge in [-0.25, -0.2) is 4.39 Å². The highest BCUT2D eigenvalue weighted by molar-refractivity contribution is 5.89. The molecule has 4 aromatic carbocycles. The highest BCUT2D eigenvalue weighted by Crippen LogP contribution is 2.29. The van der Waals surface area contributed by atoms with Crippen LogP contribution in [0.25, 0.3) is 32.9 Å². The highest BCUT2D eigenvalue weighted by atomic mass is 19.1. The van der Waals surface area contributed by atoms with Gasteiger partial charge in [-0.1, -0.05) is 72.8 Å². The van der Waals surface area contributed by atoms with E-state index in [0.717, 1.165) is 23.0 Å². The van der Waals surface area contributed by atoms with Gasteiger partial charge in [0.2, 0.25) is 0 Å². The molecular formula is C30H23FN2. The summed E-state index contributed by atoms with van der Waals surface area (Å²) >= 11 is 0. The zero-order valence-electron chi connectivity index (χ0n) is 18.2. The van der Waals surface area contributed by atoms with Gasteiger partial charge < -0.3 is 9.13 Å². The number of hydrogen-bond donors (Lipinski definition) is 0. The third-order valence-electron chi connectivity index (χ3n) is 6.38. The Morgan fingerprint density at radius 3 is 1.76 bits per heavy atom. The summed E-state index contributed by atoms with van der Waals surface area (Å²) in [5.74, 6) is -0.167. The van der Waals surface area contributed by atoms with Gasteiger partial charge in [0, 0.05) is 35.5 Å². The third-order valence-corrected chi connectivity index (χ3v) is 6.38. The second kappa shape index (κ2) is 8.10. The maximum atomic E-state index is 14.2. The molecule has 0 saturated heterocycles. The van der Waals surface area contributed by atoms with Crippen molar-refractivity contribution in [3.05, 3.63) is 132 Å². The largest absolute Gasteiger partial charge is 0.343 e. The van der Waals surface area contributed by atoms with Crippen LogP contribution in [0.1, 0.15) is 11.1 Å². The lowest BCUT2D eigenvalue weighted by molar-refractivity contribution is 0.602. The second-order valence-electron chi connectivity index (χ2n) is 8.51. The van der Waals surface area contributed by atoms with Crippen LogP contribution in [-0.4, -0.2) is 9.13 Å². The van der Waals surface area contributed by atoms with Gasteiger partial charge in [0.15, 0.2) is 0 Å². The molecule has 6 rings (SSSR count). The zero-order valence-corrected chi connectivity index (χ0v) is 18.2. The van der Waals surface area contributed by atoms with Gasteiger partial charge in [0.05, 0.1) is 6.54 Å². The van der Waals surface area contributed by atoms with Crippen LogP contribution >= 0.6 is 0 Å². The first-order valence-corrected chi connectivity index (χ1v) is 11.2. The smallest absolute Gasteiger partial charge is 0.128 e. The van der Waals surface area contributed by atoms with Gasteiger partial charge in [0.25, 0.3) is 0 Å². The van der Waals surface area contributed by atoms with Crippen LogP contribution in [0.4, 0.5) is 4.39 Å². The normalized spacial score (nSPS) is 11.4. The van der Waals surface area contributed by atoms with Crippen LogP contribution in [0.5, 0.6) is 0 Å². The summed E-state index contributed by atoms with van der Waals surface area (Å²) in [4.78, 5) is 0. The molecule has 0 unspecified atom stereocenters. The van der Waals surface area contributed by atoms with E-state index in [9.17, 15) is 4.39 Å². The van der Waals surface area contributed by atoms with Crippen LogP contribution in [0.3, 0.4) is 0 Å². The third kappa shape index (κ3) is 3.72. The molecule has 160 valence electrons. The van der Waals surface area contributed by atoms with E-state index in [1.54, 1.807) is 6.07 Å². The molecule has 0 fully saturated rings. The minimum atomic E-state index is -0.167. The minimum Gasteiger partial charge on any atom is -0.343 e. The molecule has 0 bridgehead atoms. The van der Waals surface area contributed by atoms with E-state index in [0.29, 0.717) is 12.1 Å². The Hall–Kier alpha value is -4.11. The molecule has 3 heteroatoms. The Labute approximate surface area is 192 Å². The van der Waals surface area contributed by atoms with E-state index in [-0.39, 0.29) is 5.82 Å². The molecule has 33 heavy (non-hydrogen) atoms. The van der Waals surface area contributed by atoms with Crippen molar-refractivity contribution in [1.29, 1.82) is 0 Å². The standard InChI is InChI=1S/C30H23FN2/c31-28-9-5-4-8-27(28)21-33-17-15-24-11-13-26(19-30(24)33)25-12-10-23-14-16-32(29(23)18-25)20-22-6-2-1-3-7-22/h1-19H,20-21H2. The monoisotopic (exact) mass is 430 g/mol. The molecule has 0 N–H and O–H groups in total. The maximum Gasteiger partial charge on any atom is 0.128 e. The van der Waals surface area contributed by atoms with Crippen LogP contribution in [-0.2, 0) is 13.1 Å². The van der Waals surface area contributed by atoms with Gasteiger partial charge in [-0.3, -0.25) is 0 Å². The molecule has 0 amide bonds. The Balaban J connectivity index is 1.38. The van der Waals surface area contributed by atoms with Gasteiger partial charge in [-0.15, -0.1) is 0 Å². The number of benzene rings is 4. The zero-order chi connectivity index (χ0) is 22.2. The molecule has 2 aromatic heterocycles. The molecule has 0 saturated carbocycles. The predicted octanol–water partition coefficient (Wildman–Crippen LogP) is 7.50. The van der Waals surface area contributed by atoms with Gasteiger partial charge in [0.1, 0.15) is 5.82 Å². The van der Waals surface area contributed by atoms with Crippen molar-refractivity contribution < 1.29 is 4.39 Å². The van der Waals surface area contributed by atoms with Crippen molar-refractivity contribution in [3.8, 4) is 11.1 Å². The average molecular weight is 431 g/mol. The molecule has 0 aliphatic heterocycles. The van der Waals surface area contributed by atoms with Crippen molar-refractivity contribution >= 4 is 21.8 Å². The number of fused-ring (bicyclic) bond motifs is 2. The van der Waals surface area contributed by atoms with Crippen molar-refractivity contribution in [2.24, 2.45) is 0 Å². The fourth-order valence-corrected chi connectivity index (χ4v) is 4.59. The number of aromatic nitrogens is 2. The van der Waals surface area contributed by atoms with Gasteiger partial charge in [-0.05, 0) is 57.8 Å². The van der Waals surface area contributed by atoms with Crippen molar-refractivity contribution in [2.75, 3.05) is 0 Å². The lowest BCUT2D eigenvalue weighted by Crippen LogP contribution is -2.00. The lowest BCUT2D eigenvalue weighted by Gasteiger charge is -2.10. The SMILES string of the molecule is Fc1ccccc1Cn1ccc2ccc(-c3ccc4ccn(Cc5ccccc5)c4c3)cc21. The number of hydrogen-bond acceptors (Lipinski definition) is 0. The van der Waals surface area contributed by atoms with E-state index in [1.165, 1.54) is 28.1 Å². The van der Waals surface area contributed by atoms with E-state index in [1.807, 2.05) is 24.4 Å². The second-order valence-corrected chi connectivity index (χ2v) is 8.51. The average Bonchev–Trinajstić information content (AvgIpc) is 3.44. The number of rotatable bonds is 5. The summed E-state index contributed by atoms with van der Waals surface area (Å²) in [6.45, 7) is 1.36. The Kier molecular flexibility index (Phi) is 4.80. The van der Waals surface area contributed by atoms with Gasteiger partial charge >= 0.3 is 0 Å². The molecule has 0 aliphatic rings. The minimum absolute atomic E-state index is 0.167. The first-order valence-electron chi connectivity index (χ1n) is 11.2. The lowest BCUT2D eigenvalue weighted by atomic mass is 10.0. The van der Waals surface area contributed by atoms with Crippen molar-refractivity contribution in [2.45, 2.75) is 13.1 Å². The Bertz CT molecular complexity index is 1570. The van der Waals surface area contributed by atoms with E-state index >= 15 is 0 Å². The van der Waals surface area contributed by atoms with E-state index in [2.05, 4.69) is 88.1 Å². The Morgan fingerprint density at radius 2 is 1.12 bits per heavy atom. The fraction of sp³-hybridized carbons (Fsp3) is 0.0667. The summed E-state index contributed by atoms with van der Waals surface area (Å²) in [6, 6.07) is 34.9. The molecule has 0 radical (unpaired) electrons. The summed E-state index contributed by atoms with van der Waals surface area (Å²) in [7, 11) is 0. The van der Waals surface area contributed by atoms with E-state index < -0.39 is 0 Å². The van der Waals surface area contributed by atoms with Crippen molar-refractivity contribution in [3.63, 3.8) is 0 Å². The summed E-state index contributed by atoms with van der Waals surface area (Å²) in [6.07, 6.45) is 4.19. The summed E-state index contributed by atoms with van der Waals surface area (Å²) in [5.41, 5.74) is 6.64. The molecule has 6 aromatic rings. The van der Waals surface area contributed by atoms with Crippen molar-refractivity contribution in [1.82, 2.24) is 9.13 Å². The molecule has 2 heterocycles. The highest BCUT2D eigenvalue weighted by Gasteiger charge is 2.09.